The predicted octanol–water partition coefficient (Wildman–Crippen LogP) is 3.91. The second-order valence-corrected chi connectivity index (χ2v) is 7.45. The van der Waals surface area contributed by atoms with E-state index in [4.69, 9.17) is 4.42 Å². The van der Waals surface area contributed by atoms with Gasteiger partial charge in [0.15, 0.2) is 8.68 Å². The zero-order valence-corrected chi connectivity index (χ0v) is 13.9. The Morgan fingerprint density at radius 1 is 1.05 bits per heavy atom. The molecule has 21 heavy (non-hydrogen) atoms. The second kappa shape index (κ2) is 6.59. The van der Waals surface area contributed by atoms with Crippen LogP contribution >= 0.6 is 34.9 Å². The van der Waals surface area contributed by atoms with E-state index in [1.54, 1.807) is 34.9 Å². The Hall–Kier alpha value is -1.38. The van der Waals surface area contributed by atoms with Gasteiger partial charge in [-0.3, -0.25) is 0 Å². The number of hydrogen-bond donors (Lipinski definition) is 0. The maximum absolute atomic E-state index is 5.67. The molecular formula is C13H12N4OS3. The lowest BCUT2D eigenvalue weighted by Crippen LogP contribution is -1.80. The Morgan fingerprint density at radius 2 is 1.81 bits per heavy atom. The minimum absolute atomic E-state index is 0.549. The van der Waals surface area contributed by atoms with E-state index >= 15 is 0 Å². The van der Waals surface area contributed by atoms with E-state index in [0.29, 0.717) is 17.5 Å². The molecule has 0 amide bonds. The van der Waals surface area contributed by atoms with Crippen LogP contribution in [-0.4, -0.2) is 26.7 Å². The van der Waals surface area contributed by atoms with Gasteiger partial charge in [0.05, 0.1) is 5.75 Å². The van der Waals surface area contributed by atoms with Crippen molar-refractivity contribution in [2.75, 3.05) is 6.26 Å². The van der Waals surface area contributed by atoms with E-state index in [2.05, 4.69) is 20.4 Å². The highest BCUT2D eigenvalue weighted by Gasteiger charge is 2.10. The molecule has 3 aromatic rings. The van der Waals surface area contributed by atoms with Gasteiger partial charge >= 0.3 is 0 Å². The van der Waals surface area contributed by atoms with Crippen molar-refractivity contribution < 1.29 is 4.42 Å². The average Bonchev–Trinajstić information content (AvgIpc) is 3.15. The first kappa shape index (κ1) is 14.6. The van der Waals surface area contributed by atoms with E-state index in [-0.39, 0.29) is 0 Å². The van der Waals surface area contributed by atoms with Gasteiger partial charge in [-0.05, 0) is 25.3 Å². The number of rotatable bonds is 5. The third-order valence-electron chi connectivity index (χ3n) is 2.65. The molecule has 0 radical (unpaired) electrons. The lowest BCUT2D eigenvalue weighted by atomic mass is 10.1. The van der Waals surface area contributed by atoms with Crippen molar-refractivity contribution in [1.82, 2.24) is 20.4 Å². The molecule has 0 aliphatic rings. The van der Waals surface area contributed by atoms with Crippen molar-refractivity contribution in [1.29, 1.82) is 0 Å². The normalized spacial score (nSPS) is 11.0. The fourth-order valence-corrected chi connectivity index (χ4v) is 3.86. The molecule has 108 valence electrons. The van der Waals surface area contributed by atoms with Gasteiger partial charge in [-0.2, -0.15) is 0 Å². The second-order valence-electron chi connectivity index (χ2n) is 4.19. The number of hydrogen-bond acceptors (Lipinski definition) is 8. The first-order chi connectivity index (χ1) is 10.2. The highest BCUT2D eigenvalue weighted by Crippen LogP contribution is 2.29. The Kier molecular flexibility index (Phi) is 4.57. The van der Waals surface area contributed by atoms with E-state index < -0.39 is 0 Å². The highest BCUT2D eigenvalue weighted by atomic mass is 32.2. The molecule has 0 N–H and O–H groups in total. The molecule has 0 saturated carbocycles. The summed E-state index contributed by atoms with van der Waals surface area (Å²) in [4.78, 5) is 0. The maximum Gasteiger partial charge on any atom is 0.247 e. The smallest absolute Gasteiger partial charge is 0.247 e. The van der Waals surface area contributed by atoms with E-state index in [9.17, 15) is 0 Å². The molecule has 0 spiro atoms. The Bertz CT molecular complexity index is 723. The largest absolute Gasteiger partial charge is 0.420 e. The van der Waals surface area contributed by atoms with Gasteiger partial charge in [0.25, 0.3) is 0 Å². The zero-order chi connectivity index (χ0) is 14.7. The third-order valence-corrected chi connectivity index (χ3v) is 5.66. The standard InChI is InChI=1S/C13H12N4OS3/c1-8-3-5-9(6-4-8)11-15-14-10(18-11)7-20-13-17-16-12(19-2)21-13/h3-6H,7H2,1-2H3. The number of thioether (sulfide) groups is 2. The minimum atomic E-state index is 0.549. The Labute approximate surface area is 134 Å². The summed E-state index contributed by atoms with van der Waals surface area (Å²) in [6, 6.07) is 8.02. The van der Waals surface area contributed by atoms with Crippen LogP contribution in [0.15, 0.2) is 37.4 Å². The van der Waals surface area contributed by atoms with Gasteiger partial charge in [0.1, 0.15) is 0 Å². The number of aromatic nitrogens is 4. The molecule has 3 rings (SSSR count). The molecule has 2 heterocycles. The van der Waals surface area contributed by atoms with Crippen LogP contribution in [0.5, 0.6) is 0 Å². The lowest BCUT2D eigenvalue weighted by Gasteiger charge is -1.95. The van der Waals surface area contributed by atoms with Crippen molar-refractivity contribution in [3.05, 3.63) is 35.7 Å². The van der Waals surface area contributed by atoms with E-state index in [1.165, 1.54) is 5.56 Å². The number of aryl methyl sites for hydroxylation is 1. The average molecular weight is 336 g/mol. The van der Waals surface area contributed by atoms with Crippen LogP contribution in [0.3, 0.4) is 0 Å². The molecule has 0 aliphatic carbocycles. The summed E-state index contributed by atoms with van der Waals surface area (Å²) < 4.78 is 7.55. The fraction of sp³-hybridized carbons (Fsp3) is 0.231. The third kappa shape index (κ3) is 3.63. The molecule has 0 saturated heterocycles. The van der Waals surface area contributed by atoms with Crippen LogP contribution in [0.2, 0.25) is 0 Å². The fourth-order valence-electron chi connectivity index (χ4n) is 1.59. The molecule has 8 heteroatoms. The summed E-state index contributed by atoms with van der Waals surface area (Å²) in [5, 5.41) is 16.3. The summed E-state index contributed by atoms with van der Waals surface area (Å²) in [6.07, 6.45) is 1.99. The molecular weight excluding hydrogens is 324 g/mol. The van der Waals surface area contributed by atoms with Crippen molar-refractivity contribution in [2.24, 2.45) is 0 Å². The summed E-state index contributed by atoms with van der Waals surface area (Å²) in [6.45, 7) is 2.05. The van der Waals surface area contributed by atoms with Crippen LogP contribution < -0.4 is 0 Å². The van der Waals surface area contributed by atoms with Gasteiger partial charge in [-0.25, -0.2) is 0 Å². The van der Waals surface area contributed by atoms with Crippen LogP contribution in [0, 0.1) is 6.92 Å². The van der Waals surface area contributed by atoms with Crippen molar-refractivity contribution in [3.8, 4) is 11.5 Å². The molecule has 0 fully saturated rings. The minimum Gasteiger partial charge on any atom is -0.420 e. The summed E-state index contributed by atoms with van der Waals surface area (Å²) in [5.41, 5.74) is 2.14. The highest BCUT2D eigenvalue weighted by molar-refractivity contribution is 8.02. The van der Waals surface area contributed by atoms with E-state index in [1.807, 2.05) is 37.4 Å². The van der Waals surface area contributed by atoms with Crippen LogP contribution in [-0.2, 0) is 5.75 Å². The molecule has 0 atom stereocenters. The first-order valence-corrected chi connectivity index (χ1v) is 9.17. The molecule has 5 nitrogen and oxygen atoms in total. The predicted molar refractivity (Wildman–Crippen MR) is 85.7 cm³/mol. The van der Waals surface area contributed by atoms with Crippen molar-refractivity contribution in [3.63, 3.8) is 0 Å². The summed E-state index contributed by atoms with van der Waals surface area (Å²) >= 11 is 4.72. The summed E-state index contributed by atoms with van der Waals surface area (Å²) in [7, 11) is 0. The van der Waals surface area contributed by atoms with E-state index in [0.717, 1.165) is 14.2 Å². The van der Waals surface area contributed by atoms with Crippen molar-refractivity contribution >= 4 is 34.9 Å². The van der Waals surface area contributed by atoms with Crippen LogP contribution in [0.25, 0.3) is 11.5 Å². The van der Waals surface area contributed by atoms with Crippen molar-refractivity contribution in [2.45, 2.75) is 21.4 Å². The van der Waals surface area contributed by atoms with Gasteiger partial charge in [-0.1, -0.05) is 52.6 Å². The van der Waals surface area contributed by atoms with Crippen LogP contribution in [0.4, 0.5) is 0 Å². The SMILES string of the molecule is CSc1nnc(SCc2nnc(-c3ccc(C)cc3)o2)s1. The van der Waals surface area contributed by atoms with Gasteiger partial charge in [0.2, 0.25) is 11.8 Å². The molecule has 0 unspecified atom stereocenters. The summed E-state index contributed by atoms with van der Waals surface area (Å²) in [5.74, 6) is 1.74. The topological polar surface area (TPSA) is 64.7 Å². The quantitative estimate of drug-likeness (QED) is 0.654. The Balaban J connectivity index is 1.66. The monoisotopic (exact) mass is 336 g/mol. The molecule has 0 aliphatic heterocycles. The van der Waals surface area contributed by atoms with Gasteiger partial charge in [-0.15, -0.1) is 20.4 Å². The van der Waals surface area contributed by atoms with Gasteiger partial charge < -0.3 is 4.42 Å². The molecule has 2 aromatic heterocycles. The lowest BCUT2D eigenvalue weighted by molar-refractivity contribution is 0.528. The Morgan fingerprint density at radius 3 is 2.52 bits per heavy atom. The molecule has 1 aromatic carbocycles. The molecule has 0 bridgehead atoms. The van der Waals surface area contributed by atoms with Crippen LogP contribution in [0.1, 0.15) is 11.5 Å². The number of benzene rings is 1. The number of nitrogens with zero attached hydrogens (tertiary/aromatic N) is 4. The zero-order valence-electron chi connectivity index (χ0n) is 11.4. The maximum atomic E-state index is 5.67. The first-order valence-electron chi connectivity index (χ1n) is 6.14. The van der Waals surface area contributed by atoms with Gasteiger partial charge in [0, 0.05) is 5.56 Å².